The van der Waals surface area contributed by atoms with Crippen molar-refractivity contribution in [1.29, 1.82) is 0 Å². The molecule has 1 atom stereocenters. The zero-order valence-electron chi connectivity index (χ0n) is 11.5. The predicted molar refractivity (Wildman–Crippen MR) is 78.4 cm³/mol. The number of carboxylic acids is 1. The number of carbonyl (C=O) groups excluding carboxylic acids is 1. The quantitative estimate of drug-likeness (QED) is 0.742. The minimum atomic E-state index is -0.968. The molecule has 0 bridgehead atoms. The van der Waals surface area contributed by atoms with Gasteiger partial charge in [0.2, 0.25) is 5.91 Å². The van der Waals surface area contributed by atoms with E-state index in [1.54, 1.807) is 0 Å². The number of aliphatic imine (C=N–C) groups is 1. The molecule has 0 fully saturated rings. The molecule has 0 saturated heterocycles. The lowest BCUT2D eigenvalue weighted by Gasteiger charge is -2.18. The lowest BCUT2D eigenvalue weighted by atomic mass is 10.1. The Bertz CT molecular complexity index is 462. The highest BCUT2D eigenvalue weighted by molar-refractivity contribution is 8.16. The van der Waals surface area contributed by atoms with Gasteiger partial charge in [-0.05, 0) is 11.8 Å². The molecule has 0 aliphatic carbocycles. The maximum Gasteiger partial charge on any atom is 0.326 e. The summed E-state index contributed by atoms with van der Waals surface area (Å²) in [5.41, 5.74) is 0.906. The van der Waals surface area contributed by atoms with Crippen LogP contribution in [0.2, 0.25) is 0 Å². The van der Waals surface area contributed by atoms with Gasteiger partial charge in [0, 0.05) is 12.2 Å². The van der Waals surface area contributed by atoms with Gasteiger partial charge >= 0.3 is 5.97 Å². The van der Waals surface area contributed by atoms with Crippen LogP contribution in [0.25, 0.3) is 0 Å². The first kappa shape index (κ1) is 14.9. The van der Waals surface area contributed by atoms with Crippen LogP contribution in [0.4, 0.5) is 0 Å². The van der Waals surface area contributed by atoms with E-state index < -0.39 is 12.0 Å². The van der Waals surface area contributed by atoms with E-state index >= 15 is 0 Å². The van der Waals surface area contributed by atoms with Crippen LogP contribution in [-0.4, -0.2) is 46.2 Å². The van der Waals surface area contributed by atoms with Crippen LogP contribution in [-0.2, 0) is 9.59 Å². The van der Waals surface area contributed by atoms with Gasteiger partial charge in [-0.3, -0.25) is 9.79 Å². The van der Waals surface area contributed by atoms with E-state index in [9.17, 15) is 9.59 Å². The molecule has 0 spiro atoms. The molecule has 2 N–H and O–H groups in total. The van der Waals surface area contributed by atoms with Crippen LogP contribution in [0.3, 0.4) is 0 Å². The summed E-state index contributed by atoms with van der Waals surface area (Å²) in [6.45, 7) is 3.56. The van der Waals surface area contributed by atoms with Crippen molar-refractivity contribution in [3.63, 3.8) is 0 Å². The SMILES string of the molecule is CCCCC(NC(=O)CC1=CSC2=NCCN12)C(=O)O. The van der Waals surface area contributed by atoms with Crippen molar-refractivity contribution in [3.8, 4) is 0 Å². The highest BCUT2D eigenvalue weighted by atomic mass is 32.2. The van der Waals surface area contributed by atoms with Crippen LogP contribution < -0.4 is 5.32 Å². The summed E-state index contributed by atoms with van der Waals surface area (Å²) < 4.78 is 0. The minimum Gasteiger partial charge on any atom is -0.480 e. The Morgan fingerprint density at radius 3 is 3.10 bits per heavy atom. The Morgan fingerprint density at radius 2 is 2.40 bits per heavy atom. The van der Waals surface area contributed by atoms with E-state index in [4.69, 9.17) is 5.11 Å². The molecule has 0 radical (unpaired) electrons. The third-order valence-corrected chi connectivity index (χ3v) is 4.22. The first-order valence-electron chi connectivity index (χ1n) is 6.81. The van der Waals surface area contributed by atoms with Crippen molar-refractivity contribution in [2.45, 2.75) is 38.6 Å². The molecule has 1 unspecified atom stereocenters. The predicted octanol–water partition coefficient (Wildman–Crippen LogP) is 1.40. The molecule has 2 aliphatic rings. The highest BCUT2D eigenvalue weighted by Crippen LogP contribution is 2.30. The molecule has 2 heterocycles. The summed E-state index contributed by atoms with van der Waals surface area (Å²) >= 11 is 1.52. The Kier molecular flexibility index (Phi) is 5.05. The van der Waals surface area contributed by atoms with Crippen LogP contribution in [0.15, 0.2) is 16.1 Å². The molecule has 2 aliphatic heterocycles. The van der Waals surface area contributed by atoms with Gasteiger partial charge in [0.15, 0.2) is 5.17 Å². The van der Waals surface area contributed by atoms with Gasteiger partial charge in [-0.15, -0.1) is 0 Å². The minimum absolute atomic E-state index is 0.210. The number of fused-ring (bicyclic) bond motifs is 1. The lowest BCUT2D eigenvalue weighted by Crippen LogP contribution is -2.41. The zero-order chi connectivity index (χ0) is 14.5. The van der Waals surface area contributed by atoms with Crippen molar-refractivity contribution in [1.82, 2.24) is 10.2 Å². The number of aliphatic carboxylic acids is 1. The number of carbonyl (C=O) groups is 2. The smallest absolute Gasteiger partial charge is 0.326 e. The maximum absolute atomic E-state index is 12.0. The van der Waals surface area contributed by atoms with Gasteiger partial charge in [0.05, 0.1) is 13.0 Å². The lowest BCUT2D eigenvalue weighted by molar-refractivity contribution is -0.142. The number of unbranched alkanes of at least 4 members (excludes halogenated alkanes) is 1. The summed E-state index contributed by atoms with van der Waals surface area (Å²) in [6.07, 6.45) is 2.39. The van der Waals surface area contributed by atoms with E-state index in [1.807, 2.05) is 17.2 Å². The number of amides is 1. The van der Waals surface area contributed by atoms with Crippen molar-refractivity contribution >= 4 is 28.8 Å². The number of thioether (sulfide) groups is 1. The van der Waals surface area contributed by atoms with Gasteiger partial charge in [-0.25, -0.2) is 4.79 Å². The molecule has 1 amide bonds. The Balaban J connectivity index is 1.85. The molecule has 0 aromatic rings. The molecule has 0 aromatic heterocycles. The molecule has 6 nitrogen and oxygen atoms in total. The third-order valence-electron chi connectivity index (χ3n) is 3.27. The molecule has 110 valence electrons. The van der Waals surface area contributed by atoms with Crippen molar-refractivity contribution in [2.24, 2.45) is 4.99 Å². The number of nitrogens with one attached hydrogen (secondary N) is 1. The molecule has 2 rings (SSSR count). The van der Waals surface area contributed by atoms with Crippen LogP contribution in [0.1, 0.15) is 32.6 Å². The number of hydrogen-bond donors (Lipinski definition) is 2. The average molecular weight is 297 g/mol. The molecular weight excluding hydrogens is 278 g/mol. The first-order valence-corrected chi connectivity index (χ1v) is 7.69. The molecular formula is C13H19N3O3S. The second-order valence-electron chi connectivity index (χ2n) is 4.82. The van der Waals surface area contributed by atoms with Gasteiger partial charge in [0.25, 0.3) is 0 Å². The van der Waals surface area contributed by atoms with Crippen LogP contribution >= 0.6 is 11.8 Å². The monoisotopic (exact) mass is 297 g/mol. The Morgan fingerprint density at radius 1 is 1.60 bits per heavy atom. The van der Waals surface area contributed by atoms with Gasteiger partial charge in [-0.2, -0.15) is 0 Å². The normalized spacial score (nSPS) is 18.4. The molecule has 0 aromatic carbocycles. The number of carboxylic acid groups (broad SMARTS) is 1. The van der Waals surface area contributed by atoms with E-state index in [1.165, 1.54) is 11.8 Å². The molecule has 20 heavy (non-hydrogen) atoms. The third kappa shape index (κ3) is 3.53. The van der Waals surface area contributed by atoms with E-state index in [-0.39, 0.29) is 12.3 Å². The van der Waals surface area contributed by atoms with E-state index in [2.05, 4.69) is 10.3 Å². The molecule has 0 saturated carbocycles. The fourth-order valence-electron chi connectivity index (χ4n) is 2.19. The fourth-order valence-corrected chi connectivity index (χ4v) is 3.14. The summed E-state index contributed by atoms with van der Waals surface area (Å²) in [7, 11) is 0. The van der Waals surface area contributed by atoms with Gasteiger partial charge < -0.3 is 15.3 Å². The zero-order valence-corrected chi connectivity index (χ0v) is 12.3. The Labute approximate surface area is 122 Å². The fraction of sp³-hybridized carbons (Fsp3) is 0.615. The Hall–Kier alpha value is -1.50. The summed E-state index contributed by atoms with van der Waals surface area (Å²) in [4.78, 5) is 29.4. The largest absolute Gasteiger partial charge is 0.480 e. The highest BCUT2D eigenvalue weighted by Gasteiger charge is 2.28. The topological polar surface area (TPSA) is 82.0 Å². The summed E-state index contributed by atoms with van der Waals surface area (Å²) in [5.74, 6) is -1.21. The summed E-state index contributed by atoms with van der Waals surface area (Å²) in [5, 5.41) is 14.6. The van der Waals surface area contributed by atoms with E-state index in [0.717, 1.165) is 36.8 Å². The average Bonchev–Trinajstić information content (AvgIpc) is 2.99. The van der Waals surface area contributed by atoms with Crippen molar-refractivity contribution in [3.05, 3.63) is 11.1 Å². The summed E-state index contributed by atoms with van der Waals surface area (Å²) in [6, 6.07) is -0.788. The molecule has 7 heteroatoms. The number of amidine groups is 1. The van der Waals surface area contributed by atoms with Gasteiger partial charge in [0.1, 0.15) is 6.04 Å². The van der Waals surface area contributed by atoms with Crippen LogP contribution in [0, 0.1) is 0 Å². The number of hydrogen-bond acceptors (Lipinski definition) is 5. The number of rotatable bonds is 7. The first-order chi connectivity index (χ1) is 9.61. The second-order valence-corrected chi connectivity index (χ2v) is 5.66. The van der Waals surface area contributed by atoms with Gasteiger partial charge in [-0.1, -0.05) is 31.5 Å². The number of nitrogens with zero attached hydrogens (tertiary/aromatic N) is 2. The van der Waals surface area contributed by atoms with Crippen molar-refractivity contribution in [2.75, 3.05) is 13.1 Å². The van der Waals surface area contributed by atoms with Crippen LogP contribution in [0.5, 0.6) is 0 Å². The van der Waals surface area contributed by atoms with E-state index in [0.29, 0.717) is 6.42 Å². The standard InChI is InChI=1S/C13H19N3O3S/c1-2-3-4-10(12(18)19)15-11(17)7-9-8-20-13-14-5-6-16(9)13/h8,10H,2-7H2,1H3,(H,15,17)(H,18,19). The van der Waals surface area contributed by atoms with Crippen molar-refractivity contribution < 1.29 is 14.7 Å². The second kappa shape index (κ2) is 6.78. The maximum atomic E-state index is 12.0.